The molecule has 1 aliphatic heterocycles. The van der Waals surface area contributed by atoms with Gasteiger partial charge >= 0.3 is 0 Å². The highest BCUT2D eigenvalue weighted by molar-refractivity contribution is 6.07. The maximum atomic E-state index is 12.9. The molecular weight excluding hydrogens is 306 g/mol. The van der Waals surface area contributed by atoms with Gasteiger partial charge in [-0.3, -0.25) is 9.89 Å². The molecule has 0 aliphatic carbocycles. The number of rotatable bonds is 2. The van der Waals surface area contributed by atoms with Crippen molar-refractivity contribution in [3.8, 4) is 5.75 Å². The third-order valence-electron chi connectivity index (χ3n) is 4.39. The number of aliphatic hydroxyl groups excluding tert-OH is 1. The van der Waals surface area contributed by atoms with E-state index in [0.29, 0.717) is 11.3 Å². The van der Waals surface area contributed by atoms with Crippen molar-refractivity contribution in [1.29, 1.82) is 0 Å². The number of H-pyrrole nitrogens is 1. The molecule has 0 unspecified atom stereocenters. The molecule has 0 saturated heterocycles. The minimum Gasteiger partial charge on any atom is -0.490 e. The Hall–Kier alpha value is -2.86. The molecule has 122 valence electrons. The standard InChI is InChI=1S/C18H17N3O3/c1-10-6-7-13-12(8-19-21-13)16(10)18(23)20-17-11-4-2-3-5-15(11)24-9-14(17)22/h2-8,14,17,22H,9H2,1H3,(H,19,21)(H,20,23)/t14-,17+/m1/s1. The summed E-state index contributed by atoms with van der Waals surface area (Å²) in [6, 6.07) is 10.7. The Morgan fingerprint density at radius 2 is 2.17 bits per heavy atom. The fourth-order valence-electron chi connectivity index (χ4n) is 3.16. The van der Waals surface area contributed by atoms with Gasteiger partial charge in [-0.1, -0.05) is 24.3 Å². The number of nitrogens with zero attached hydrogens (tertiary/aromatic N) is 1. The van der Waals surface area contributed by atoms with Gasteiger partial charge in [-0.15, -0.1) is 0 Å². The summed E-state index contributed by atoms with van der Waals surface area (Å²) in [5.41, 5.74) is 3.01. The molecular formula is C18H17N3O3. The smallest absolute Gasteiger partial charge is 0.252 e. The van der Waals surface area contributed by atoms with Crippen LogP contribution in [-0.4, -0.2) is 33.9 Å². The van der Waals surface area contributed by atoms with E-state index in [4.69, 9.17) is 4.74 Å². The number of amides is 1. The number of hydrogen-bond donors (Lipinski definition) is 3. The average molecular weight is 323 g/mol. The predicted octanol–water partition coefficient (Wildman–Crippen LogP) is 2.10. The number of hydrogen-bond acceptors (Lipinski definition) is 4. The SMILES string of the molecule is Cc1ccc2[nH]ncc2c1C(=O)N[C@H]1c2ccccc2OC[C@H]1O. The number of carbonyl (C=O) groups is 1. The van der Waals surface area contributed by atoms with E-state index in [2.05, 4.69) is 15.5 Å². The monoisotopic (exact) mass is 323 g/mol. The zero-order valence-electron chi connectivity index (χ0n) is 13.1. The van der Waals surface area contributed by atoms with Gasteiger partial charge in [0.1, 0.15) is 18.5 Å². The minimum atomic E-state index is -0.798. The van der Waals surface area contributed by atoms with Crippen LogP contribution in [0.15, 0.2) is 42.6 Å². The van der Waals surface area contributed by atoms with Crippen LogP contribution in [0.2, 0.25) is 0 Å². The first-order valence-electron chi connectivity index (χ1n) is 7.78. The highest BCUT2D eigenvalue weighted by atomic mass is 16.5. The summed E-state index contributed by atoms with van der Waals surface area (Å²) in [6.07, 6.45) is 0.846. The van der Waals surface area contributed by atoms with Crippen LogP contribution in [0.25, 0.3) is 10.9 Å². The second-order valence-electron chi connectivity index (χ2n) is 5.96. The maximum Gasteiger partial charge on any atom is 0.252 e. The summed E-state index contributed by atoms with van der Waals surface area (Å²) in [4.78, 5) is 12.9. The van der Waals surface area contributed by atoms with Crippen molar-refractivity contribution in [2.75, 3.05) is 6.61 Å². The molecule has 1 amide bonds. The third-order valence-corrected chi connectivity index (χ3v) is 4.39. The summed E-state index contributed by atoms with van der Waals surface area (Å²) >= 11 is 0. The summed E-state index contributed by atoms with van der Waals surface area (Å²) in [5.74, 6) is 0.451. The van der Waals surface area contributed by atoms with Crippen molar-refractivity contribution in [1.82, 2.24) is 15.5 Å². The maximum absolute atomic E-state index is 12.9. The van der Waals surface area contributed by atoms with Crippen LogP contribution in [0, 0.1) is 6.92 Å². The Morgan fingerprint density at radius 1 is 1.33 bits per heavy atom. The van der Waals surface area contributed by atoms with Crippen molar-refractivity contribution >= 4 is 16.8 Å². The first-order valence-corrected chi connectivity index (χ1v) is 7.78. The number of aromatic amines is 1. The van der Waals surface area contributed by atoms with Crippen LogP contribution in [-0.2, 0) is 0 Å². The van der Waals surface area contributed by atoms with Crippen molar-refractivity contribution < 1.29 is 14.6 Å². The fourth-order valence-corrected chi connectivity index (χ4v) is 3.16. The molecule has 0 radical (unpaired) electrons. The van der Waals surface area contributed by atoms with Gasteiger partial charge in [0.15, 0.2) is 0 Å². The van der Waals surface area contributed by atoms with Gasteiger partial charge in [-0.25, -0.2) is 0 Å². The predicted molar refractivity (Wildman–Crippen MR) is 89.0 cm³/mol. The van der Waals surface area contributed by atoms with E-state index < -0.39 is 12.1 Å². The highest BCUT2D eigenvalue weighted by Crippen LogP contribution is 2.32. The molecule has 1 aliphatic rings. The molecule has 6 nitrogen and oxygen atoms in total. The van der Waals surface area contributed by atoms with Gasteiger partial charge in [0.05, 0.1) is 23.3 Å². The lowest BCUT2D eigenvalue weighted by molar-refractivity contribution is 0.0502. The van der Waals surface area contributed by atoms with E-state index in [1.807, 2.05) is 43.3 Å². The molecule has 0 fully saturated rings. The Morgan fingerprint density at radius 3 is 3.04 bits per heavy atom. The fraction of sp³-hybridized carbons (Fsp3) is 0.222. The largest absolute Gasteiger partial charge is 0.490 e. The van der Waals surface area contributed by atoms with Gasteiger partial charge in [-0.05, 0) is 24.6 Å². The lowest BCUT2D eigenvalue weighted by atomic mass is 9.97. The van der Waals surface area contributed by atoms with E-state index in [9.17, 15) is 9.90 Å². The highest BCUT2D eigenvalue weighted by Gasteiger charge is 2.31. The first kappa shape index (κ1) is 14.7. The zero-order chi connectivity index (χ0) is 16.7. The number of ether oxygens (including phenoxy) is 1. The molecule has 6 heteroatoms. The van der Waals surface area contributed by atoms with E-state index in [0.717, 1.165) is 22.0 Å². The minimum absolute atomic E-state index is 0.150. The van der Waals surface area contributed by atoms with Gasteiger partial charge in [0.2, 0.25) is 0 Å². The second kappa shape index (κ2) is 5.65. The van der Waals surface area contributed by atoms with Crippen LogP contribution in [0.1, 0.15) is 27.5 Å². The summed E-state index contributed by atoms with van der Waals surface area (Å²) in [7, 11) is 0. The molecule has 1 aromatic heterocycles. The lowest BCUT2D eigenvalue weighted by Crippen LogP contribution is -2.42. The summed E-state index contributed by atoms with van der Waals surface area (Å²) in [5, 5.41) is 20.9. The number of aryl methyl sites for hydroxylation is 1. The van der Waals surface area contributed by atoms with Gasteiger partial charge < -0.3 is 15.2 Å². The molecule has 2 atom stereocenters. The number of aromatic nitrogens is 2. The molecule has 4 rings (SSSR count). The van der Waals surface area contributed by atoms with Crippen LogP contribution in [0.3, 0.4) is 0 Å². The van der Waals surface area contributed by atoms with Crippen LogP contribution in [0.5, 0.6) is 5.75 Å². The Bertz CT molecular complexity index is 919. The molecule has 0 saturated carbocycles. The average Bonchev–Trinajstić information content (AvgIpc) is 3.05. The van der Waals surface area contributed by atoms with Crippen LogP contribution < -0.4 is 10.1 Å². The zero-order valence-corrected chi connectivity index (χ0v) is 13.1. The number of carbonyl (C=O) groups excluding carboxylic acids is 1. The quantitative estimate of drug-likeness (QED) is 0.674. The van der Waals surface area contributed by atoms with Crippen molar-refractivity contribution in [2.45, 2.75) is 19.1 Å². The van der Waals surface area contributed by atoms with Crippen LogP contribution >= 0.6 is 0 Å². The van der Waals surface area contributed by atoms with E-state index in [-0.39, 0.29) is 12.5 Å². The molecule has 3 N–H and O–H groups in total. The third kappa shape index (κ3) is 2.32. The Balaban J connectivity index is 1.71. The molecule has 0 spiro atoms. The van der Waals surface area contributed by atoms with Crippen LogP contribution in [0.4, 0.5) is 0 Å². The van der Waals surface area contributed by atoms with Crippen molar-refractivity contribution in [3.05, 3.63) is 59.3 Å². The normalized spacial score (nSPS) is 19.6. The summed E-state index contributed by atoms with van der Waals surface area (Å²) < 4.78 is 5.52. The molecule has 0 bridgehead atoms. The molecule has 24 heavy (non-hydrogen) atoms. The summed E-state index contributed by atoms with van der Waals surface area (Å²) in [6.45, 7) is 2.03. The topological polar surface area (TPSA) is 87.2 Å². The van der Waals surface area contributed by atoms with Gasteiger partial charge in [0.25, 0.3) is 5.91 Å². The van der Waals surface area contributed by atoms with Gasteiger partial charge in [-0.2, -0.15) is 5.10 Å². The van der Waals surface area contributed by atoms with E-state index in [1.54, 1.807) is 6.20 Å². The lowest BCUT2D eigenvalue weighted by Gasteiger charge is -2.31. The molecule has 2 heterocycles. The molecule has 2 aromatic carbocycles. The Labute approximate surface area is 138 Å². The Kier molecular flexibility index (Phi) is 3.46. The van der Waals surface area contributed by atoms with Gasteiger partial charge in [0, 0.05) is 10.9 Å². The number of fused-ring (bicyclic) bond motifs is 2. The van der Waals surface area contributed by atoms with E-state index in [1.165, 1.54) is 0 Å². The number of aliphatic hydroxyl groups is 1. The van der Waals surface area contributed by atoms with Crippen molar-refractivity contribution in [3.63, 3.8) is 0 Å². The van der Waals surface area contributed by atoms with Crippen molar-refractivity contribution in [2.24, 2.45) is 0 Å². The second-order valence-corrected chi connectivity index (χ2v) is 5.96. The molecule has 3 aromatic rings. The number of nitrogens with one attached hydrogen (secondary N) is 2. The number of benzene rings is 2. The van der Waals surface area contributed by atoms with E-state index >= 15 is 0 Å². The number of para-hydroxylation sites is 1. The first-order chi connectivity index (χ1) is 11.6.